The van der Waals surface area contributed by atoms with Gasteiger partial charge in [0.05, 0.1) is 0 Å². The van der Waals surface area contributed by atoms with Crippen LogP contribution in [0, 0.1) is 11.7 Å². The van der Waals surface area contributed by atoms with Gasteiger partial charge in [-0.25, -0.2) is 4.39 Å². The van der Waals surface area contributed by atoms with E-state index >= 15 is 0 Å². The van der Waals surface area contributed by atoms with Crippen molar-refractivity contribution >= 4 is 11.6 Å². The summed E-state index contributed by atoms with van der Waals surface area (Å²) in [5.74, 6) is -0.0278. The minimum absolute atomic E-state index is 0.0351. The van der Waals surface area contributed by atoms with Crippen LogP contribution in [-0.2, 0) is 9.53 Å². The van der Waals surface area contributed by atoms with Crippen molar-refractivity contribution in [3.8, 4) is 0 Å². The second-order valence-corrected chi connectivity index (χ2v) is 4.34. The fourth-order valence-electron chi connectivity index (χ4n) is 1.98. The summed E-state index contributed by atoms with van der Waals surface area (Å²) in [6.07, 6.45) is 2.53. The molecule has 1 atom stereocenters. The molecule has 0 aliphatic carbocycles. The normalized spacial score (nSPS) is 19.9. The van der Waals surface area contributed by atoms with E-state index < -0.39 is 0 Å². The summed E-state index contributed by atoms with van der Waals surface area (Å²) in [6, 6.07) is 5.79. The first-order valence-electron chi connectivity index (χ1n) is 5.87. The van der Waals surface area contributed by atoms with E-state index in [-0.39, 0.29) is 11.7 Å². The lowest BCUT2D eigenvalue weighted by molar-refractivity contribution is -0.118. The molecule has 0 aromatic heterocycles. The molecular formula is C13H16FNO2. The molecule has 0 saturated carbocycles. The highest BCUT2D eigenvalue weighted by atomic mass is 19.1. The molecule has 0 radical (unpaired) electrons. The predicted octanol–water partition coefficient (Wildman–Crippen LogP) is 2.58. The maximum absolute atomic E-state index is 12.7. The Kier molecular flexibility index (Phi) is 4.09. The van der Waals surface area contributed by atoms with E-state index in [1.807, 2.05) is 0 Å². The van der Waals surface area contributed by atoms with Gasteiger partial charge in [0, 0.05) is 25.3 Å². The molecule has 1 heterocycles. The third-order valence-electron chi connectivity index (χ3n) is 2.86. The number of halogens is 1. The Labute approximate surface area is 100.0 Å². The van der Waals surface area contributed by atoms with Gasteiger partial charge in [-0.2, -0.15) is 0 Å². The molecule has 1 aliphatic rings. The van der Waals surface area contributed by atoms with Crippen molar-refractivity contribution in [1.82, 2.24) is 0 Å². The Hall–Kier alpha value is -1.42. The molecule has 1 amide bonds. The smallest absolute Gasteiger partial charge is 0.224 e. The zero-order valence-corrected chi connectivity index (χ0v) is 9.62. The van der Waals surface area contributed by atoms with Crippen LogP contribution in [0.5, 0.6) is 0 Å². The Morgan fingerprint density at radius 3 is 2.82 bits per heavy atom. The van der Waals surface area contributed by atoms with E-state index in [9.17, 15) is 9.18 Å². The van der Waals surface area contributed by atoms with Crippen molar-refractivity contribution in [3.63, 3.8) is 0 Å². The first kappa shape index (κ1) is 12.0. The van der Waals surface area contributed by atoms with Crippen LogP contribution in [0.3, 0.4) is 0 Å². The number of rotatable bonds is 3. The average molecular weight is 237 g/mol. The molecule has 1 unspecified atom stereocenters. The standard InChI is InChI=1S/C13H16FNO2/c14-11-3-5-12(6-4-11)15-13(16)8-10-2-1-7-17-9-10/h3-6,10H,1-2,7-9H2,(H,15,16). The van der Waals surface area contributed by atoms with Crippen LogP contribution in [0.25, 0.3) is 0 Å². The molecule has 1 fully saturated rings. The number of anilines is 1. The van der Waals surface area contributed by atoms with Crippen molar-refractivity contribution < 1.29 is 13.9 Å². The molecule has 2 rings (SSSR count). The minimum Gasteiger partial charge on any atom is -0.381 e. The molecule has 0 bridgehead atoms. The van der Waals surface area contributed by atoms with Crippen LogP contribution in [0.15, 0.2) is 24.3 Å². The second-order valence-electron chi connectivity index (χ2n) is 4.34. The van der Waals surface area contributed by atoms with Gasteiger partial charge in [0.25, 0.3) is 0 Å². The van der Waals surface area contributed by atoms with E-state index in [0.717, 1.165) is 19.4 Å². The quantitative estimate of drug-likeness (QED) is 0.877. The van der Waals surface area contributed by atoms with Gasteiger partial charge in [-0.15, -0.1) is 0 Å². The second kappa shape index (κ2) is 5.77. The summed E-state index contributed by atoms with van der Waals surface area (Å²) >= 11 is 0. The zero-order chi connectivity index (χ0) is 12.1. The Morgan fingerprint density at radius 2 is 2.18 bits per heavy atom. The van der Waals surface area contributed by atoms with Crippen molar-refractivity contribution in [3.05, 3.63) is 30.1 Å². The van der Waals surface area contributed by atoms with E-state index in [0.29, 0.717) is 24.6 Å². The predicted molar refractivity (Wildman–Crippen MR) is 63.2 cm³/mol. The van der Waals surface area contributed by atoms with E-state index in [2.05, 4.69) is 5.32 Å². The van der Waals surface area contributed by atoms with Gasteiger partial charge in [-0.3, -0.25) is 4.79 Å². The van der Waals surface area contributed by atoms with Gasteiger partial charge < -0.3 is 10.1 Å². The van der Waals surface area contributed by atoms with E-state index in [1.54, 1.807) is 12.1 Å². The summed E-state index contributed by atoms with van der Waals surface area (Å²) in [4.78, 5) is 11.7. The molecular weight excluding hydrogens is 221 g/mol. The molecule has 1 aromatic rings. The number of ether oxygens (including phenoxy) is 1. The summed E-state index contributed by atoms with van der Waals surface area (Å²) in [5.41, 5.74) is 0.633. The molecule has 17 heavy (non-hydrogen) atoms. The topological polar surface area (TPSA) is 38.3 Å². The largest absolute Gasteiger partial charge is 0.381 e. The van der Waals surface area contributed by atoms with Gasteiger partial charge in [-0.05, 0) is 43.0 Å². The van der Waals surface area contributed by atoms with Crippen LogP contribution in [0.4, 0.5) is 10.1 Å². The third-order valence-corrected chi connectivity index (χ3v) is 2.86. The number of hydrogen-bond donors (Lipinski definition) is 1. The van der Waals surface area contributed by atoms with Gasteiger partial charge in [0.1, 0.15) is 5.82 Å². The first-order chi connectivity index (χ1) is 8.24. The monoisotopic (exact) mass is 237 g/mol. The van der Waals surface area contributed by atoms with Crippen LogP contribution in [-0.4, -0.2) is 19.1 Å². The van der Waals surface area contributed by atoms with Gasteiger partial charge >= 0.3 is 0 Å². The highest BCUT2D eigenvalue weighted by molar-refractivity contribution is 5.90. The summed E-state index contributed by atoms with van der Waals surface area (Å²) in [6.45, 7) is 1.47. The average Bonchev–Trinajstić information content (AvgIpc) is 2.33. The molecule has 4 heteroatoms. The van der Waals surface area contributed by atoms with Crippen LogP contribution >= 0.6 is 0 Å². The number of hydrogen-bond acceptors (Lipinski definition) is 2. The van der Waals surface area contributed by atoms with Crippen molar-refractivity contribution in [2.75, 3.05) is 18.5 Å². The zero-order valence-electron chi connectivity index (χ0n) is 9.62. The summed E-state index contributed by atoms with van der Waals surface area (Å²) < 4.78 is 18.0. The maximum Gasteiger partial charge on any atom is 0.224 e. The Bertz CT molecular complexity index is 372. The van der Waals surface area contributed by atoms with Gasteiger partial charge in [0.15, 0.2) is 0 Å². The van der Waals surface area contributed by atoms with E-state index in [4.69, 9.17) is 4.74 Å². The summed E-state index contributed by atoms with van der Waals surface area (Å²) in [7, 11) is 0. The highest BCUT2D eigenvalue weighted by Crippen LogP contribution is 2.18. The number of carbonyl (C=O) groups is 1. The molecule has 1 saturated heterocycles. The maximum atomic E-state index is 12.7. The Morgan fingerprint density at radius 1 is 1.41 bits per heavy atom. The van der Waals surface area contributed by atoms with Gasteiger partial charge in [0.2, 0.25) is 5.91 Å². The molecule has 1 N–H and O–H groups in total. The number of amides is 1. The lowest BCUT2D eigenvalue weighted by atomic mass is 9.98. The fourth-order valence-corrected chi connectivity index (χ4v) is 1.98. The number of nitrogens with one attached hydrogen (secondary N) is 1. The summed E-state index contributed by atoms with van der Waals surface area (Å²) in [5, 5.41) is 2.76. The lowest BCUT2D eigenvalue weighted by Crippen LogP contribution is -2.23. The van der Waals surface area contributed by atoms with E-state index in [1.165, 1.54) is 12.1 Å². The van der Waals surface area contributed by atoms with Gasteiger partial charge in [-0.1, -0.05) is 0 Å². The first-order valence-corrected chi connectivity index (χ1v) is 5.87. The van der Waals surface area contributed by atoms with Crippen molar-refractivity contribution in [1.29, 1.82) is 0 Å². The fraction of sp³-hybridized carbons (Fsp3) is 0.462. The molecule has 1 aliphatic heterocycles. The Balaban J connectivity index is 1.82. The van der Waals surface area contributed by atoms with Crippen molar-refractivity contribution in [2.45, 2.75) is 19.3 Å². The molecule has 3 nitrogen and oxygen atoms in total. The van der Waals surface area contributed by atoms with Crippen molar-refractivity contribution in [2.24, 2.45) is 5.92 Å². The molecule has 1 aromatic carbocycles. The highest BCUT2D eigenvalue weighted by Gasteiger charge is 2.17. The van der Waals surface area contributed by atoms with Crippen LogP contribution in [0.2, 0.25) is 0 Å². The number of carbonyl (C=O) groups excluding carboxylic acids is 1. The third kappa shape index (κ3) is 3.82. The van der Waals surface area contributed by atoms with Crippen LogP contribution < -0.4 is 5.32 Å². The molecule has 0 spiro atoms. The SMILES string of the molecule is O=C(CC1CCCOC1)Nc1ccc(F)cc1. The number of benzene rings is 1. The van der Waals surface area contributed by atoms with Crippen LogP contribution in [0.1, 0.15) is 19.3 Å². The lowest BCUT2D eigenvalue weighted by Gasteiger charge is -2.21. The minimum atomic E-state index is -0.302. The molecule has 92 valence electrons.